The maximum atomic E-state index is 8.60. The number of aliphatic hydroxyl groups is 3. The van der Waals surface area contributed by atoms with Gasteiger partial charge in [0.2, 0.25) is 0 Å². The molecule has 1 rings (SSSR count). The standard InChI is InChI=1S/C7H8O3.C3H8/c8-7(9,10)6-4-2-1-3-5-6;1-3-2/h1-5,8-10H;3H2,1-2H3. The number of hydrogen-bond donors (Lipinski definition) is 3. The summed E-state index contributed by atoms with van der Waals surface area (Å²) in [6.07, 6.45) is 1.25. The maximum Gasteiger partial charge on any atom is 0.304 e. The molecule has 3 N–H and O–H groups in total. The van der Waals surface area contributed by atoms with E-state index in [2.05, 4.69) is 13.8 Å². The average Bonchev–Trinajstić information content (AvgIpc) is 2.06. The largest absolute Gasteiger partial charge is 0.340 e. The molecule has 3 nitrogen and oxygen atoms in total. The molecule has 3 heteroatoms. The summed E-state index contributed by atoms with van der Waals surface area (Å²) in [7, 11) is 0. The predicted molar refractivity (Wildman–Crippen MR) is 50.7 cm³/mol. The molecule has 0 aliphatic carbocycles. The molecular formula is C10H16O3. The van der Waals surface area contributed by atoms with E-state index in [-0.39, 0.29) is 5.56 Å². The lowest BCUT2D eigenvalue weighted by Gasteiger charge is -2.12. The summed E-state index contributed by atoms with van der Waals surface area (Å²) in [5.74, 6) is -2.71. The van der Waals surface area contributed by atoms with Crippen LogP contribution in [0.15, 0.2) is 30.3 Å². The zero-order chi connectivity index (χ0) is 10.3. The summed E-state index contributed by atoms with van der Waals surface area (Å²) in [6, 6.07) is 7.76. The van der Waals surface area contributed by atoms with Crippen LogP contribution in [0.25, 0.3) is 0 Å². The van der Waals surface area contributed by atoms with Crippen molar-refractivity contribution in [1.82, 2.24) is 0 Å². The van der Waals surface area contributed by atoms with Gasteiger partial charge in [-0.25, -0.2) is 0 Å². The molecule has 0 radical (unpaired) electrons. The van der Waals surface area contributed by atoms with Crippen LogP contribution in [-0.4, -0.2) is 15.3 Å². The Balaban J connectivity index is 0.000000424. The van der Waals surface area contributed by atoms with E-state index in [1.54, 1.807) is 18.2 Å². The van der Waals surface area contributed by atoms with E-state index in [9.17, 15) is 0 Å². The zero-order valence-corrected chi connectivity index (χ0v) is 7.94. The molecule has 0 aliphatic rings. The molecule has 0 fully saturated rings. The quantitative estimate of drug-likeness (QED) is 0.574. The summed E-state index contributed by atoms with van der Waals surface area (Å²) in [5.41, 5.74) is 0.0648. The minimum atomic E-state index is -2.71. The van der Waals surface area contributed by atoms with Crippen LogP contribution < -0.4 is 0 Å². The van der Waals surface area contributed by atoms with Gasteiger partial charge in [-0.05, 0) is 0 Å². The topological polar surface area (TPSA) is 60.7 Å². The Bertz CT molecular complexity index is 213. The molecule has 0 spiro atoms. The minimum absolute atomic E-state index is 0.0648. The van der Waals surface area contributed by atoms with E-state index < -0.39 is 5.97 Å². The first kappa shape index (κ1) is 12.1. The summed E-state index contributed by atoms with van der Waals surface area (Å²) in [5, 5.41) is 25.8. The van der Waals surface area contributed by atoms with Crippen LogP contribution in [0, 0.1) is 0 Å². The Morgan fingerprint density at radius 3 is 1.62 bits per heavy atom. The third kappa shape index (κ3) is 5.36. The third-order valence-corrected chi connectivity index (χ3v) is 1.16. The van der Waals surface area contributed by atoms with Gasteiger partial charge in [-0.3, -0.25) is 0 Å². The van der Waals surface area contributed by atoms with Gasteiger partial charge < -0.3 is 15.3 Å². The minimum Gasteiger partial charge on any atom is -0.340 e. The van der Waals surface area contributed by atoms with Crippen molar-refractivity contribution >= 4 is 0 Å². The van der Waals surface area contributed by atoms with Crippen LogP contribution in [0.1, 0.15) is 25.8 Å². The molecule has 0 saturated carbocycles. The Morgan fingerprint density at radius 2 is 1.38 bits per heavy atom. The number of hydrogen-bond acceptors (Lipinski definition) is 3. The molecule has 0 amide bonds. The fourth-order valence-electron chi connectivity index (χ4n) is 0.662. The molecule has 0 heterocycles. The first-order valence-corrected chi connectivity index (χ1v) is 4.25. The molecular weight excluding hydrogens is 168 g/mol. The van der Waals surface area contributed by atoms with Gasteiger partial charge in [0.15, 0.2) is 0 Å². The molecule has 0 aromatic heterocycles. The maximum absolute atomic E-state index is 8.60. The van der Waals surface area contributed by atoms with Crippen molar-refractivity contribution in [3.05, 3.63) is 35.9 Å². The number of rotatable bonds is 1. The van der Waals surface area contributed by atoms with Gasteiger partial charge in [0.05, 0.1) is 0 Å². The first-order chi connectivity index (χ1) is 6.02. The van der Waals surface area contributed by atoms with E-state index in [0.29, 0.717) is 0 Å². The molecule has 0 aliphatic heterocycles. The molecule has 1 aromatic rings. The van der Waals surface area contributed by atoms with Crippen LogP contribution >= 0.6 is 0 Å². The molecule has 0 unspecified atom stereocenters. The van der Waals surface area contributed by atoms with Crippen LogP contribution in [-0.2, 0) is 5.97 Å². The molecule has 0 bridgehead atoms. The Morgan fingerprint density at radius 1 is 1.00 bits per heavy atom. The summed E-state index contributed by atoms with van der Waals surface area (Å²) in [4.78, 5) is 0. The van der Waals surface area contributed by atoms with Crippen molar-refractivity contribution in [2.24, 2.45) is 0 Å². The van der Waals surface area contributed by atoms with E-state index in [0.717, 1.165) is 0 Å². The molecule has 13 heavy (non-hydrogen) atoms. The van der Waals surface area contributed by atoms with Gasteiger partial charge in [-0.15, -0.1) is 0 Å². The van der Waals surface area contributed by atoms with Crippen LogP contribution in [0.5, 0.6) is 0 Å². The van der Waals surface area contributed by atoms with Gasteiger partial charge in [0, 0.05) is 5.56 Å². The lowest BCUT2D eigenvalue weighted by Crippen LogP contribution is -2.23. The van der Waals surface area contributed by atoms with Crippen molar-refractivity contribution in [2.75, 3.05) is 0 Å². The second-order valence-electron chi connectivity index (χ2n) is 2.71. The van der Waals surface area contributed by atoms with Gasteiger partial charge in [-0.2, -0.15) is 0 Å². The highest BCUT2D eigenvalue weighted by Crippen LogP contribution is 2.12. The summed E-state index contributed by atoms with van der Waals surface area (Å²) >= 11 is 0. The van der Waals surface area contributed by atoms with Crippen LogP contribution in [0.4, 0.5) is 0 Å². The Hall–Kier alpha value is -0.900. The smallest absolute Gasteiger partial charge is 0.304 e. The summed E-state index contributed by atoms with van der Waals surface area (Å²) in [6.45, 7) is 4.25. The predicted octanol–water partition coefficient (Wildman–Crippen LogP) is 1.19. The highest BCUT2D eigenvalue weighted by molar-refractivity contribution is 5.16. The highest BCUT2D eigenvalue weighted by Gasteiger charge is 2.19. The van der Waals surface area contributed by atoms with Crippen molar-refractivity contribution in [3.63, 3.8) is 0 Å². The van der Waals surface area contributed by atoms with Crippen molar-refractivity contribution in [1.29, 1.82) is 0 Å². The van der Waals surface area contributed by atoms with Crippen LogP contribution in [0.3, 0.4) is 0 Å². The fraction of sp³-hybridized carbons (Fsp3) is 0.400. The molecule has 74 valence electrons. The second-order valence-corrected chi connectivity index (χ2v) is 2.71. The van der Waals surface area contributed by atoms with Gasteiger partial charge in [0.1, 0.15) is 0 Å². The summed E-state index contributed by atoms with van der Waals surface area (Å²) < 4.78 is 0. The van der Waals surface area contributed by atoms with E-state index in [1.165, 1.54) is 18.6 Å². The second kappa shape index (κ2) is 5.70. The van der Waals surface area contributed by atoms with E-state index >= 15 is 0 Å². The lowest BCUT2D eigenvalue weighted by molar-refractivity contribution is -0.323. The monoisotopic (exact) mass is 184 g/mol. The van der Waals surface area contributed by atoms with Gasteiger partial charge in [-0.1, -0.05) is 50.6 Å². The number of benzene rings is 1. The Kier molecular flexibility index (Phi) is 5.30. The lowest BCUT2D eigenvalue weighted by atomic mass is 10.2. The normalized spacial score (nSPS) is 10.2. The zero-order valence-electron chi connectivity index (χ0n) is 7.94. The van der Waals surface area contributed by atoms with E-state index in [1.807, 2.05) is 0 Å². The highest BCUT2D eigenvalue weighted by atomic mass is 16.7. The van der Waals surface area contributed by atoms with Gasteiger partial charge >= 0.3 is 5.97 Å². The van der Waals surface area contributed by atoms with Crippen molar-refractivity contribution < 1.29 is 15.3 Å². The van der Waals surface area contributed by atoms with Crippen LogP contribution in [0.2, 0.25) is 0 Å². The first-order valence-electron chi connectivity index (χ1n) is 4.25. The average molecular weight is 184 g/mol. The van der Waals surface area contributed by atoms with E-state index in [4.69, 9.17) is 15.3 Å². The fourth-order valence-corrected chi connectivity index (χ4v) is 0.662. The third-order valence-electron chi connectivity index (χ3n) is 1.16. The molecule has 1 aromatic carbocycles. The molecule has 0 atom stereocenters. The molecule has 0 saturated heterocycles. The van der Waals surface area contributed by atoms with Crippen molar-refractivity contribution in [3.8, 4) is 0 Å². The SMILES string of the molecule is CCC.OC(O)(O)c1ccccc1. The van der Waals surface area contributed by atoms with Crippen molar-refractivity contribution in [2.45, 2.75) is 26.2 Å². The Labute approximate surface area is 78.3 Å². The van der Waals surface area contributed by atoms with Gasteiger partial charge in [0.25, 0.3) is 0 Å².